The van der Waals surface area contributed by atoms with E-state index in [-0.39, 0.29) is 11.3 Å². The quantitative estimate of drug-likeness (QED) is 0.311. The summed E-state index contributed by atoms with van der Waals surface area (Å²) in [5, 5.41) is 23.1. The zero-order valence-electron chi connectivity index (χ0n) is 20.9. The molecule has 6 rings (SSSR count). The third-order valence-corrected chi connectivity index (χ3v) is 7.29. The van der Waals surface area contributed by atoms with Crippen molar-refractivity contribution in [3.63, 3.8) is 0 Å². The van der Waals surface area contributed by atoms with Gasteiger partial charge in [-0.2, -0.15) is 5.10 Å². The van der Waals surface area contributed by atoms with Gasteiger partial charge in [0, 0.05) is 62.3 Å². The Labute approximate surface area is 213 Å². The number of nitrogens with one attached hydrogen (secondary N) is 2. The molecule has 1 atom stereocenters. The summed E-state index contributed by atoms with van der Waals surface area (Å²) in [4.78, 5) is 6.40. The average Bonchev–Trinajstić information content (AvgIpc) is 3.47. The Bertz CT molecular complexity index is 1440. The van der Waals surface area contributed by atoms with Crippen LogP contribution >= 0.6 is 0 Å². The summed E-state index contributed by atoms with van der Waals surface area (Å²) in [5.74, 6) is -0.152. The molecule has 1 unspecified atom stereocenters. The number of aliphatic hydroxyl groups excluding tert-OH is 1. The van der Waals surface area contributed by atoms with E-state index in [1.165, 1.54) is 26.0 Å². The van der Waals surface area contributed by atoms with Crippen LogP contribution in [-0.4, -0.2) is 56.6 Å². The lowest BCUT2D eigenvalue weighted by atomic mass is 10.0. The van der Waals surface area contributed by atoms with Crippen molar-refractivity contribution in [3.8, 4) is 5.75 Å². The molecule has 4 heterocycles. The van der Waals surface area contributed by atoms with Crippen LogP contribution in [0, 0.1) is 5.82 Å². The molecule has 1 aromatic carbocycles. The maximum absolute atomic E-state index is 15.7. The lowest BCUT2D eigenvalue weighted by Crippen LogP contribution is -2.43. The predicted molar refractivity (Wildman–Crippen MR) is 137 cm³/mol. The topological polar surface area (TPSA) is 91.9 Å². The summed E-state index contributed by atoms with van der Waals surface area (Å²) in [5.41, 5.74) is 2.44. The first-order valence-corrected chi connectivity index (χ1v) is 12.7. The number of hydrogen-bond acceptors (Lipinski definition) is 7. The highest BCUT2D eigenvalue weighted by atomic mass is 19.1. The molecule has 3 N–H and O–H groups in total. The monoisotopic (exact) mass is 511 g/mol. The number of imidazole rings is 1. The molecule has 2 aliphatic rings. The van der Waals surface area contributed by atoms with Crippen molar-refractivity contribution < 1.29 is 18.6 Å². The third kappa shape index (κ3) is 4.57. The number of fused-ring (bicyclic) bond motifs is 2. The van der Waals surface area contributed by atoms with Crippen molar-refractivity contribution in [2.45, 2.75) is 50.7 Å². The van der Waals surface area contributed by atoms with Crippen LogP contribution in [0.1, 0.15) is 43.2 Å². The van der Waals surface area contributed by atoms with Crippen LogP contribution in [0.4, 0.5) is 20.2 Å². The highest BCUT2D eigenvalue weighted by molar-refractivity contribution is 5.94. The molecule has 2 fully saturated rings. The molecule has 9 nitrogen and oxygen atoms in total. The maximum Gasteiger partial charge on any atom is 0.156 e. The molecule has 0 spiro atoms. The third-order valence-electron chi connectivity index (χ3n) is 7.29. The molecule has 0 bridgehead atoms. The lowest BCUT2D eigenvalue weighted by molar-refractivity contribution is 0.204. The molecule has 1 aliphatic carbocycles. The zero-order valence-corrected chi connectivity index (χ0v) is 20.9. The van der Waals surface area contributed by atoms with Crippen molar-refractivity contribution in [1.82, 2.24) is 24.5 Å². The van der Waals surface area contributed by atoms with Crippen LogP contribution in [0.25, 0.3) is 16.6 Å². The van der Waals surface area contributed by atoms with Crippen molar-refractivity contribution in [2.75, 3.05) is 30.4 Å². The Morgan fingerprint density at radius 3 is 2.59 bits per heavy atom. The van der Waals surface area contributed by atoms with E-state index in [4.69, 9.17) is 4.74 Å². The molecule has 4 aromatic rings. The average molecular weight is 512 g/mol. The number of benzene rings is 1. The Kier molecular flexibility index (Phi) is 6.12. The van der Waals surface area contributed by atoms with Crippen molar-refractivity contribution in [3.05, 3.63) is 47.8 Å². The highest BCUT2D eigenvalue weighted by Crippen LogP contribution is 2.37. The molecule has 37 heavy (non-hydrogen) atoms. The first-order valence-electron chi connectivity index (χ1n) is 12.7. The van der Waals surface area contributed by atoms with E-state index in [9.17, 15) is 9.50 Å². The molecular weight excluding hydrogens is 480 g/mol. The van der Waals surface area contributed by atoms with Gasteiger partial charge in [0.1, 0.15) is 29.4 Å². The van der Waals surface area contributed by atoms with E-state index in [1.54, 1.807) is 34.6 Å². The summed E-state index contributed by atoms with van der Waals surface area (Å²) in [6.45, 7) is 0.965. The van der Waals surface area contributed by atoms with E-state index < -0.39 is 18.7 Å². The van der Waals surface area contributed by atoms with Gasteiger partial charge in [0.2, 0.25) is 0 Å². The highest BCUT2D eigenvalue weighted by Gasteiger charge is 2.29. The van der Waals surface area contributed by atoms with Gasteiger partial charge in [0.25, 0.3) is 0 Å². The van der Waals surface area contributed by atoms with Gasteiger partial charge in [0.15, 0.2) is 6.23 Å². The van der Waals surface area contributed by atoms with Crippen LogP contribution in [0.2, 0.25) is 0 Å². The van der Waals surface area contributed by atoms with Gasteiger partial charge in [0.05, 0.1) is 29.7 Å². The fourth-order valence-electron chi connectivity index (χ4n) is 5.29. The number of aryl methyl sites for hydroxylation is 1. The number of ether oxygens (including phenoxy) is 1. The van der Waals surface area contributed by atoms with Crippen molar-refractivity contribution in [1.29, 1.82) is 0 Å². The molecule has 11 heteroatoms. The zero-order chi connectivity index (χ0) is 25.7. The molecule has 0 radical (unpaired) electrons. The largest absolute Gasteiger partial charge is 0.494 e. The number of halogens is 2. The molecule has 196 valence electrons. The number of aliphatic hydroxyl groups is 1. The number of anilines is 2. The SMILES string of the molecule is COc1cc2nc(CF)cn2cc1NC(O)c1c(F)cc(N2CCC(NC3CC3)CC2)c2cn(C)nc12. The van der Waals surface area contributed by atoms with E-state index in [1.807, 2.05) is 6.20 Å². The van der Waals surface area contributed by atoms with Gasteiger partial charge in [-0.1, -0.05) is 0 Å². The molecule has 1 saturated carbocycles. The fraction of sp³-hybridized carbons (Fsp3) is 0.462. The Hall–Kier alpha value is -3.44. The van der Waals surface area contributed by atoms with Crippen LogP contribution in [0.5, 0.6) is 5.75 Å². The lowest BCUT2D eigenvalue weighted by Gasteiger charge is -2.34. The van der Waals surface area contributed by atoms with E-state index >= 15 is 4.39 Å². The second-order valence-electron chi connectivity index (χ2n) is 9.99. The van der Waals surface area contributed by atoms with Crippen LogP contribution in [0.15, 0.2) is 30.7 Å². The summed E-state index contributed by atoms with van der Waals surface area (Å²) in [7, 11) is 3.27. The summed E-state index contributed by atoms with van der Waals surface area (Å²) in [6.07, 6.45) is 8.19. The number of aromatic nitrogens is 4. The number of piperidine rings is 1. The Morgan fingerprint density at radius 1 is 1.14 bits per heavy atom. The summed E-state index contributed by atoms with van der Waals surface area (Å²) in [6, 6.07) is 4.31. The number of nitrogens with zero attached hydrogens (tertiary/aromatic N) is 5. The number of alkyl halides is 1. The van der Waals surface area contributed by atoms with Gasteiger partial charge >= 0.3 is 0 Å². The fourth-order valence-corrected chi connectivity index (χ4v) is 5.29. The van der Waals surface area contributed by atoms with Crippen molar-refractivity contribution in [2.24, 2.45) is 7.05 Å². The van der Waals surface area contributed by atoms with Gasteiger partial charge in [-0.05, 0) is 31.7 Å². The Morgan fingerprint density at radius 2 is 1.89 bits per heavy atom. The molecule has 3 aromatic heterocycles. The molecule has 0 amide bonds. The molecule has 1 aliphatic heterocycles. The van der Waals surface area contributed by atoms with Crippen LogP contribution < -0.4 is 20.3 Å². The first kappa shape index (κ1) is 23.9. The minimum Gasteiger partial charge on any atom is -0.494 e. The Balaban J connectivity index is 1.30. The van der Waals surface area contributed by atoms with Crippen LogP contribution in [0.3, 0.4) is 0 Å². The number of pyridine rings is 1. The van der Waals surface area contributed by atoms with E-state index in [2.05, 4.69) is 25.6 Å². The number of hydrogen-bond donors (Lipinski definition) is 3. The van der Waals surface area contributed by atoms with Crippen LogP contribution in [-0.2, 0) is 13.7 Å². The number of rotatable bonds is 8. The first-order chi connectivity index (χ1) is 17.9. The van der Waals surface area contributed by atoms with Gasteiger partial charge in [-0.15, -0.1) is 0 Å². The molecular formula is C26H31F2N7O2. The smallest absolute Gasteiger partial charge is 0.156 e. The maximum atomic E-state index is 15.7. The second-order valence-corrected chi connectivity index (χ2v) is 9.99. The van der Waals surface area contributed by atoms with Gasteiger partial charge in [-0.25, -0.2) is 13.8 Å². The van der Waals surface area contributed by atoms with Gasteiger partial charge < -0.3 is 29.8 Å². The number of methoxy groups -OCH3 is 1. The minimum atomic E-state index is -1.41. The van der Waals surface area contributed by atoms with E-state index in [0.29, 0.717) is 34.7 Å². The second kappa shape index (κ2) is 9.46. The minimum absolute atomic E-state index is 0.0573. The summed E-state index contributed by atoms with van der Waals surface area (Å²) < 4.78 is 37.5. The van der Waals surface area contributed by atoms with Gasteiger partial charge in [-0.3, -0.25) is 4.68 Å². The summed E-state index contributed by atoms with van der Waals surface area (Å²) >= 11 is 0. The predicted octanol–water partition coefficient (Wildman–Crippen LogP) is 3.66. The molecule has 1 saturated heterocycles. The van der Waals surface area contributed by atoms with E-state index in [0.717, 1.165) is 37.0 Å². The van der Waals surface area contributed by atoms with Crippen molar-refractivity contribution >= 4 is 27.9 Å². The standard InChI is InChI=1S/C26H31F2N7O2/c1-33-13-18-21(34-7-5-16(6-8-34)29-15-3-4-15)9-19(28)24(25(18)32-33)26(36)31-20-14-35-12-17(11-27)30-23(35)10-22(20)37-2/h9-10,12-16,26,29,31,36H,3-8,11H2,1-2H3. The normalized spacial score (nSPS) is 17.6.